The first kappa shape index (κ1) is 19.8. The zero-order valence-corrected chi connectivity index (χ0v) is 15.5. The van der Waals surface area contributed by atoms with Crippen LogP contribution in [0.1, 0.15) is 25.0 Å². The second-order valence-corrected chi connectivity index (χ2v) is 7.29. The molecule has 0 unspecified atom stereocenters. The van der Waals surface area contributed by atoms with Gasteiger partial charge in [0.2, 0.25) is 5.91 Å². The van der Waals surface area contributed by atoms with Crippen LogP contribution in [0.15, 0.2) is 21.5 Å². The number of hydrogen-bond acceptors (Lipinski definition) is 3. The Bertz CT molecular complexity index is 475. The van der Waals surface area contributed by atoms with Crippen molar-refractivity contribution in [1.29, 1.82) is 0 Å². The Labute approximate surface area is 140 Å². The lowest BCUT2D eigenvalue weighted by Gasteiger charge is -2.18. The van der Waals surface area contributed by atoms with Gasteiger partial charge in [-0.25, -0.2) is 0 Å². The summed E-state index contributed by atoms with van der Waals surface area (Å²) in [5.41, 5.74) is 7.81. The summed E-state index contributed by atoms with van der Waals surface area (Å²) in [6, 6.07) is 4.18. The molecule has 0 saturated heterocycles. The lowest BCUT2D eigenvalue weighted by atomic mass is 10.1. The average molecular weight is 382 g/mol. The molecule has 0 aliphatic heterocycles. The summed E-state index contributed by atoms with van der Waals surface area (Å²) >= 11 is 5.06. The van der Waals surface area contributed by atoms with Crippen molar-refractivity contribution >= 4 is 46.0 Å². The standard InChI is InChI=1S/C14H21BrN2OS.ClH/c1-9-6-12(10(2)5-11(9)15)19-7-13(18)17-8-14(3,4)16;/h5-6H,7-8,16H2,1-4H3,(H,17,18);1H. The van der Waals surface area contributed by atoms with Crippen molar-refractivity contribution in [2.24, 2.45) is 5.73 Å². The third-order valence-corrected chi connectivity index (χ3v) is 4.57. The number of hydrogen-bond donors (Lipinski definition) is 2. The van der Waals surface area contributed by atoms with Crippen molar-refractivity contribution in [3.8, 4) is 0 Å². The van der Waals surface area contributed by atoms with E-state index >= 15 is 0 Å². The fourth-order valence-corrected chi connectivity index (χ4v) is 2.82. The molecule has 1 aromatic carbocycles. The lowest BCUT2D eigenvalue weighted by Crippen LogP contribution is -2.45. The van der Waals surface area contributed by atoms with Crippen LogP contribution in [-0.4, -0.2) is 23.7 Å². The molecule has 0 saturated carbocycles. The number of benzene rings is 1. The third-order valence-electron chi connectivity index (χ3n) is 2.56. The molecule has 0 aliphatic carbocycles. The zero-order chi connectivity index (χ0) is 14.6. The quantitative estimate of drug-likeness (QED) is 0.768. The molecule has 0 aromatic heterocycles. The maximum atomic E-state index is 11.7. The summed E-state index contributed by atoms with van der Waals surface area (Å²) in [6.45, 7) is 8.37. The summed E-state index contributed by atoms with van der Waals surface area (Å²) in [7, 11) is 0. The first-order valence-corrected chi connectivity index (χ1v) is 7.92. The van der Waals surface area contributed by atoms with E-state index in [9.17, 15) is 4.79 Å². The lowest BCUT2D eigenvalue weighted by molar-refractivity contribution is -0.118. The Balaban J connectivity index is 0.00000361. The molecule has 1 rings (SSSR count). The van der Waals surface area contributed by atoms with Gasteiger partial charge in [0.1, 0.15) is 0 Å². The van der Waals surface area contributed by atoms with Gasteiger partial charge in [-0.15, -0.1) is 24.2 Å². The number of carbonyl (C=O) groups is 1. The topological polar surface area (TPSA) is 55.1 Å². The largest absolute Gasteiger partial charge is 0.354 e. The van der Waals surface area contributed by atoms with Crippen LogP contribution in [0.2, 0.25) is 0 Å². The highest BCUT2D eigenvalue weighted by atomic mass is 79.9. The second-order valence-electron chi connectivity index (χ2n) is 5.42. The van der Waals surface area contributed by atoms with Crippen molar-refractivity contribution in [3.05, 3.63) is 27.7 Å². The maximum absolute atomic E-state index is 11.7. The highest BCUT2D eigenvalue weighted by Gasteiger charge is 2.12. The van der Waals surface area contributed by atoms with E-state index in [0.717, 1.165) is 9.37 Å². The number of amides is 1. The van der Waals surface area contributed by atoms with Crippen molar-refractivity contribution in [2.75, 3.05) is 12.3 Å². The maximum Gasteiger partial charge on any atom is 0.230 e. The van der Waals surface area contributed by atoms with Crippen molar-refractivity contribution in [3.63, 3.8) is 0 Å². The van der Waals surface area contributed by atoms with Crippen LogP contribution in [-0.2, 0) is 4.79 Å². The molecule has 1 amide bonds. The Morgan fingerprint density at radius 2 is 1.95 bits per heavy atom. The molecule has 0 radical (unpaired) electrons. The molecular weight excluding hydrogens is 360 g/mol. The molecule has 0 heterocycles. The van der Waals surface area contributed by atoms with Gasteiger partial charge in [0.25, 0.3) is 0 Å². The summed E-state index contributed by atoms with van der Waals surface area (Å²) in [5, 5.41) is 2.84. The van der Waals surface area contributed by atoms with Crippen LogP contribution in [0, 0.1) is 13.8 Å². The van der Waals surface area contributed by atoms with Gasteiger partial charge < -0.3 is 11.1 Å². The van der Waals surface area contributed by atoms with E-state index in [1.54, 1.807) is 11.8 Å². The van der Waals surface area contributed by atoms with Gasteiger partial charge in [0.15, 0.2) is 0 Å². The highest BCUT2D eigenvalue weighted by Crippen LogP contribution is 2.28. The van der Waals surface area contributed by atoms with Crippen molar-refractivity contribution in [1.82, 2.24) is 5.32 Å². The van der Waals surface area contributed by atoms with E-state index in [-0.39, 0.29) is 23.9 Å². The Morgan fingerprint density at radius 3 is 2.50 bits per heavy atom. The molecule has 1 aromatic rings. The van der Waals surface area contributed by atoms with Gasteiger partial charge >= 0.3 is 0 Å². The summed E-state index contributed by atoms with van der Waals surface area (Å²) in [5.74, 6) is 0.432. The smallest absolute Gasteiger partial charge is 0.230 e. The fourth-order valence-electron chi connectivity index (χ4n) is 1.43. The molecule has 3 N–H and O–H groups in total. The van der Waals surface area contributed by atoms with E-state index < -0.39 is 0 Å². The van der Waals surface area contributed by atoms with Crippen LogP contribution in [0.4, 0.5) is 0 Å². The fraction of sp³-hybridized carbons (Fsp3) is 0.500. The third kappa shape index (κ3) is 6.97. The van der Waals surface area contributed by atoms with E-state index in [0.29, 0.717) is 12.3 Å². The Kier molecular flexibility index (Phi) is 8.18. The Hall–Kier alpha value is -0.230. The van der Waals surface area contributed by atoms with E-state index in [2.05, 4.69) is 33.4 Å². The van der Waals surface area contributed by atoms with Crippen LogP contribution < -0.4 is 11.1 Å². The number of nitrogens with two attached hydrogens (primary N) is 1. The predicted molar refractivity (Wildman–Crippen MR) is 92.9 cm³/mol. The molecule has 0 spiro atoms. The van der Waals surface area contributed by atoms with Crippen LogP contribution in [0.25, 0.3) is 0 Å². The van der Waals surface area contributed by atoms with E-state index in [1.165, 1.54) is 11.1 Å². The van der Waals surface area contributed by atoms with E-state index in [1.807, 2.05) is 27.7 Å². The molecule has 114 valence electrons. The number of halogens is 2. The average Bonchev–Trinajstić information content (AvgIpc) is 2.28. The number of rotatable bonds is 5. The SMILES string of the molecule is Cc1cc(SCC(=O)NCC(C)(C)N)c(C)cc1Br.Cl. The van der Waals surface area contributed by atoms with Crippen LogP contribution >= 0.6 is 40.1 Å². The number of thioether (sulfide) groups is 1. The van der Waals surface area contributed by atoms with Crippen LogP contribution in [0.5, 0.6) is 0 Å². The minimum absolute atomic E-state index is 0. The van der Waals surface area contributed by atoms with E-state index in [4.69, 9.17) is 5.73 Å². The Morgan fingerprint density at radius 1 is 1.35 bits per heavy atom. The van der Waals surface area contributed by atoms with Gasteiger partial charge in [-0.05, 0) is 51.0 Å². The minimum atomic E-state index is -0.371. The molecule has 0 aliphatic rings. The number of carbonyl (C=O) groups excluding carboxylic acids is 1. The minimum Gasteiger partial charge on any atom is -0.354 e. The molecule has 0 bridgehead atoms. The van der Waals surface area contributed by atoms with Gasteiger partial charge in [0, 0.05) is 21.5 Å². The highest BCUT2D eigenvalue weighted by molar-refractivity contribution is 9.10. The van der Waals surface area contributed by atoms with Gasteiger partial charge in [0.05, 0.1) is 5.75 Å². The number of aryl methyl sites for hydroxylation is 2. The summed E-state index contributed by atoms with van der Waals surface area (Å²) < 4.78 is 1.10. The summed E-state index contributed by atoms with van der Waals surface area (Å²) in [6.07, 6.45) is 0. The number of nitrogens with one attached hydrogen (secondary N) is 1. The molecule has 0 fully saturated rings. The summed E-state index contributed by atoms with van der Waals surface area (Å²) in [4.78, 5) is 12.9. The monoisotopic (exact) mass is 380 g/mol. The molecule has 0 atom stereocenters. The normalized spacial score (nSPS) is 10.9. The van der Waals surface area contributed by atoms with Gasteiger partial charge in [-0.1, -0.05) is 15.9 Å². The van der Waals surface area contributed by atoms with Crippen LogP contribution in [0.3, 0.4) is 0 Å². The second kappa shape index (κ2) is 8.27. The van der Waals surface area contributed by atoms with Crippen molar-refractivity contribution < 1.29 is 4.79 Å². The molecule has 3 nitrogen and oxygen atoms in total. The first-order valence-electron chi connectivity index (χ1n) is 6.14. The zero-order valence-electron chi connectivity index (χ0n) is 12.2. The van der Waals surface area contributed by atoms with Crippen molar-refractivity contribution in [2.45, 2.75) is 38.1 Å². The molecule has 6 heteroatoms. The molecular formula is C14H22BrClN2OS. The van der Waals surface area contributed by atoms with Gasteiger partial charge in [-0.2, -0.15) is 0 Å². The first-order chi connectivity index (χ1) is 8.69. The predicted octanol–water partition coefficient (Wildman–Crippen LogP) is 3.43. The molecule has 20 heavy (non-hydrogen) atoms. The van der Waals surface area contributed by atoms with Gasteiger partial charge in [-0.3, -0.25) is 4.79 Å².